The lowest BCUT2D eigenvalue weighted by atomic mass is 10.2. The van der Waals surface area contributed by atoms with Crippen LogP contribution in [-0.2, 0) is 11.3 Å². The van der Waals surface area contributed by atoms with Crippen molar-refractivity contribution in [3.63, 3.8) is 0 Å². The van der Waals surface area contributed by atoms with Crippen LogP contribution in [0.15, 0.2) is 48.5 Å². The number of aryl methyl sites for hydroxylation is 1. The van der Waals surface area contributed by atoms with Gasteiger partial charge in [-0.2, -0.15) is 0 Å². The van der Waals surface area contributed by atoms with Crippen molar-refractivity contribution in [3.05, 3.63) is 64.7 Å². The molecule has 0 aliphatic heterocycles. The van der Waals surface area contributed by atoms with Gasteiger partial charge in [0.2, 0.25) is 0 Å². The van der Waals surface area contributed by atoms with Gasteiger partial charge in [0.05, 0.1) is 20.3 Å². The topological polar surface area (TPSA) is 22.9 Å². The van der Waals surface area contributed by atoms with Gasteiger partial charge in [0.1, 0.15) is 25.4 Å². The fourth-order valence-corrected chi connectivity index (χ4v) is 2.42. The number of hydrogen-bond donors (Lipinski definition) is 1. The van der Waals surface area contributed by atoms with Crippen LogP contribution < -0.4 is 9.64 Å². The molecule has 1 atom stereocenters. The summed E-state index contributed by atoms with van der Waals surface area (Å²) in [5.41, 5.74) is 2.38. The molecule has 2 aromatic carbocycles. The summed E-state index contributed by atoms with van der Waals surface area (Å²) in [4.78, 5) is 1.44. The summed E-state index contributed by atoms with van der Waals surface area (Å²) in [6.07, 6.45) is 0. The highest BCUT2D eigenvalue weighted by atomic mass is 35.5. The first-order valence-corrected chi connectivity index (χ1v) is 8.35. The number of rotatable bonds is 9. The third-order valence-corrected chi connectivity index (χ3v) is 4.07. The highest BCUT2D eigenvalue weighted by Crippen LogP contribution is 2.20. The van der Waals surface area contributed by atoms with E-state index in [9.17, 15) is 0 Å². The molecule has 3 nitrogen and oxygen atoms in total. The SMILES string of the molecule is Cc1cc(OCCOCC[NH+](C)Cc2ccccc2)ccc1Cl. The van der Waals surface area contributed by atoms with Gasteiger partial charge in [0, 0.05) is 10.6 Å². The van der Waals surface area contributed by atoms with E-state index in [-0.39, 0.29) is 0 Å². The molecule has 1 N–H and O–H groups in total. The maximum absolute atomic E-state index is 5.99. The second-order valence-corrected chi connectivity index (χ2v) is 6.15. The molecule has 0 saturated heterocycles. The van der Waals surface area contributed by atoms with Crippen molar-refractivity contribution >= 4 is 11.6 Å². The quantitative estimate of drug-likeness (QED) is 0.713. The van der Waals surface area contributed by atoms with E-state index < -0.39 is 0 Å². The minimum Gasteiger partial charge on any atom is -0.491 e. The van der Waals surface area contributed by atoms with Gasteiger partial charge in [0.25, 0.3) is 0 Å². The third kappa shape index (κ3) is 6.61. The summed E-state index contributed by atoms with van der Waals surface area (Å²) in [7, 11) is 2.18. The second kappa shape index (κ2) is 9.56. The highest BCUT2D eigenvalue weighted by molar-refractivity contribution is 6.31. The largest absolute Gasteiger partial charge is 0.491 e. The highest BCUT2D eigenvalue weighted by Gasteiger charge is 2.03. The molecule has 0 amide bonds. The molecule has 0 fully saturated rings. The first-order valence-electron chi connectivity index (χ1n) is 7.97. The van der Waals surface area contributed by atoms with Crippen LogP contribution in [0.4, 0.5) is 0 Å². The summed E-state index contributed by atoms with van der Waals surface area (Å²) in [6.45, 7) is 5.86. The summed E-state index contributed by atoms with van der Waals surface area (Å²) in [5, 5.41) is 0.762. The van der Waals surface area contributed by atoms with Crippen molar-refractivity contribution in [3.8, 4) is 5.75 Å². The predicted octanol–water partition coefficient (Wildman–Crippen LogP) is 2.76. The molecule has 0 aliphatic rings. The van der Waals surface area contributed by atoms with Crippen LogP contribution in [0.1, 0.15) is 11.1 Å². The molecule has 4 heteroatoms. The Kier molecular flexibility index (Phi) is 7.40. The zero-order valence-electron chi connectivity index (χ0n) is 13.8. The molecular weight excluding hydrogens is 310 g/mol. The molecule has 2 rings (SSSR count). The average Bonchev–Trinajstić information content (AvgIpc) is 2.55. The number of quaternary nitrogens is 1. The number of hydrogen-bond acceptors (Lipinski definition) is 2. The standard InChI is InChI=1S/C19H24ClNO2/c1-16-14-18(8-9-19(16)20)23-13-12-22-11-10-21(2)15-17-6-4-3-5-7-17/h3-9,14H,10-13,15H2,1-2H3/p+1. The minimum atomic E-state index is 0.554. The van der Waals surface area contributed by atoms with Gasteiger partial charge >= 0.3 is 0 Å². The van der Waals surface area contributed by atoms with E-state index in [2.05, 4.69) is 31.3 Å². The Morgan fingerprint density at radius 3 is 2.52 bits per heavy atom. The van der Waals surface area contributed by atoms with E-state index in [1.54, 1.807) is 0 Å². The van der Waals surface area contributed by atoms with Crippen molar-refractivity contribution in [2.45, 2.75) is 13.5 Å². The summed E-state index contributed by atoms with van der Waals surface area (Å²) < 4.78 is 11.3. The van der Waals surface area contributed by atoms with Crippen molar-refractivity contribution in [2.24, 2.45) is 0 Å². The zero-order valence-corrected chi connectivity index (χ0v) is 14.6. The first kappa shape index (κ1) is 17.8. The van der Waals surface area contributed by atoms with Crippen LogP contribution in [0.2, 0.25) is 5.02 Å². The number of halogens is 1. The van der Waals surface area contributed by atoms with Crippen molar-refractivity contribution in [1.29, 1.82) is 0 Å². The predicted molar refractivity (Wildman–Crippen MR) is 94.4 cm³/mol. The van der Waals surface area contributed by atoms with Gasteiger partial charge in [-0.15, -0.1) is 0 Å². The van der Waals surface area contributed by atoms with E-state index >= 15 is 0 Å². The Hall–Kier alpha value is -1.55. The van der Waals surface area contributed by atoms with Crippen LogP contribution in [0.3, 0.4) is 0 Å². The Labute approximate surface area is 143 Å². The monoisotopic (exact) mass is 334 g/mol. The smallest absolute Gasteiger partial charge is 0.119 e. The van der Waals surface area contributed by atoms with E-state index in [0.29, 0.717) is 13.2 Å². The van der Waals surface area contributed by atoms with Gasteiger partial charge in [-0.05, 0) is 30.7 Å². The molecule has 0 bridgehead atoms. The lowest BCUT2D eigenvalue weighted by Gasteiger charge is -2.14. The Morgan fingerprint density at radius 2 is 1.78 bits per heavy atom. The maximum atomic E-state index is 5.99. The van der Waals surface area contributed by atoms with E-state index in [1.807, 2.05) is 31.2 Å². The van der Waals surface area contributed by atoms with Gasteiger partial charge in [-0.3, -0.25) is 0 Å². The Morgan fingerprint density at radius 1 is 1.00 bits per heavy atom. The zero-order chi connectivity index (χ0) is 16.5. The third-order valence-electron chi connectivity index (χ3n) is 3.65. The fraction of sp³-hybridized carbons (Fsp3) is 0.368. The maximum Gasteiger partial charge on any atom is 0.119 e. The molecule has 2 aromatic rings. The van der Waals surface area contributed by atoms with E-state index in [4.69, 9.17) is 21.1 Å². The van der Waals surface area contributed by atoms with Gasteiger partial charge in [-0.1, -0.05) is 41.9 Å². The molecule has 0 radical (unpaired) electrons. The molecule has 0 spiro atoms. The number of ether oxygens (including phenoxy) is 2. The number of nitrogens with one attached hydrogen (secondary N) is 1. The van der Waals surface area contributed by atoms with Crippen molar-refractivity contribution in [1.82, 2.24) is 0 Å². The van der Waals surface area contributed by atoms with Gasteiger partial charge < -0.3 is 14.4 Å². The second-order valence-electron chi connectivity index (χ2n) is 5.74. The lowest BCUT2D eigenvalue weighted by molar-refractivity contribution is -0.894. The first-order chi connectivity index (χ1) is 11.1. The molecule has 0 aliphatic carbocycles. The van der Waals surface area contributed by atoms with Crippen LogP contribution in [0.25, 0.3) is 0 Å². The number of likely N-dealkylation sites (N-methyl/N-ethyl adjacent to an activating group) is 1. The molecular formula is C19H25ClNO2+. The van der Waals surface area contributed by atoms with Crippen LogP contribution in [0, 0.1) is 6.92 Å². The van der Waals surface area contributed by atoms with E-state index in [1.165, 1.54) is 10.5 Å². The molecule has 1 unspecified atom stereocenters. The van der Waals surface area contributed by atoms with Crippen LogP contribution in [0.5, 0.6) is 5.75 Å². The van der Waals surface area contributed by atoms with Crippen molar-refractivity contribution < 1.29 is 14.4 Å². The molecule has 124 valence electrons. The fourth-order valence-electron chi connectivity index (χ4n) is 2.31. The normalized spacial score (nSPS) is 12.1. The molecule has 23 heavy (non-hydrogen) atoms. The molecule has 0 heterocycles. The number of benzene rings is 2. The average molecular weight is 335 g/mol. The van der Waals surface area contributed by atoms with Crippen molar-refractivity contribution in [2.75, 3.05) is 33.4 Å². The van der Waals surface area contributed by atoms with Gasteiger partial charge in [-0.25, -0.2) is 0 Å². The van der Waals surface area contributed by atoms with E-state index in [0.717, 1.165) is 36.0 Å². The Balaban J connectivity index is 1.56. The Bertz CT molecular complexity index is 589. The minimum absolute atomic E-state index is 0.554. The summed E-state index contributed by atoms with van der Waals surface area (Å²) in [5.74, 6) is 0.835. The molecule has 0 aromatic heterocycles. The van der Waals surface area contributed by atoms with Gasteiger partial charge in [0.15, 0.2) is 0 Å². The summed E-state index contributed by atoms with van der Waals surface area (Å²) in [6, 6.07) is 16.2. The summed E-state index contributed by atoms with van der Waals surface area (Å²) >= 11 is 5.99. The van der Waals surface area contributed by atoms with Crippen LogP contribution in [-0.4, -0.2) is 33.4 Å². The van der Waals surface area contributed by atoms with Crippen LogP contribution >= 0.6 is 11.6 Å². The lowest BCUT2D eigenvalue weighted by Crippen LogP contribution is -3.08. The molecule has 0 saturated carbocycles.